The largest absolute Gasteiger partial charge is 0.390 e. The Hall–Kier alpha value is -0.520. The Balaban J connectivity index is 2.53. The van der Waals surface area contributed by atoms with E-state index >= 15 is 0 Å². The molecule has 0 spiro atoms. The van der Waals surface area contributed by atoms with Crippen molar-refractivity contribution < 1.29 is 13.9 Å². The Morgan fingerprint density at radius 1 is 1.50 bits per heavy atom. The van der Waals surface area contributed by atoms with Crippen LogP contribution in [0.2, 0.25) is 0 Å². The van der Waals surface area contributed by atoms with Crippen LogP contribution in [-0.2, 0) is 12.0 Å². The summed E-state index contributed by atoms with van der Waals surface area (Å²) < 4.78 is 28.0. The van der Waals surface area contributed by atoms with Gasteiger partial charge >= 0.3 is 0 Å². The van der Waals surface area contributed by atoms with E-state index in [1.807, 2.05) is 6.07 Å². The van der Waals surface area contributed by atoms with Gasteiger partial charge in [-0.05, 0) is 36.1 Å². The van der Waals surface area contributed by atoms with Gasteiger partial charge in [0, 0.05) is 4.47 Å². The van der Waals surface area contributed by atoms with Gasteiger partial charge in [0.05, 0.1) is 0 Å². The molecular weight excluding hydrogens is 280 g/mol. The van der Waals surface area contributed by atoms with E-state index in [1.54, 1.807) is 12.1 Å². The molecular formula is C11H12BrF2NO. The fraction of sp³-hybridized carbons (Fsp3) is 0.455. The molecule has 0 amide bonds. The first-order valence-corrected chi connectivity index (χ1v) is 5.76. The molecule has 1 unspecified atom stereocenters. The van der Waals surface area contributed by atoms with Crippen LogP contribution in [0, 0.1) is 0 Å². The topological polar surface area (TPSA) is 46.2 Å². The first-order valence-electron chi connectivity index (χ1n) is 4.97. The lowest BCUT2D eigenvalue weighted by atomic mass is 9.86. The lowest BCUT2D eigenvalue weighted by Crippen LogP contribution is -2.53. The van der Waals surface area contributed by atoms with E-state index in [2.05, 4.69) is 15.9 Å². The normalized spacial score (nSPS) is 24.6. The Morgan fingerprint density at radius 2 is 2.19 bits per heavy atom. The van der Waals surface area contributed by atoms with Gasteiger partial charge in [0.15, 0.2) is 0 Å². The highest BCUT2D eigenvalue weighted by molar-refractivity contribution is 9.10. The van der Waals surface area contributed by atoms with Crippen LogP contribution in [0.1, 0.15) is 17.5 Å². The van der Waals surface area contributed by atoms with Gasteiger partial charge in [-0.2, -0.15) is 0 Å². The number of halogens is 3. The highest BCUT2D eigenvalue weighted by Gasteiger charge is 2.54. The van der Waals surface area contributed by atoms with Crippen molar-refractivity contribution >= 4 is 15.9 Å². The van der Waals surface area contributed by atoms with Crippen molar-refractivity contribution in [3.8, 4) is 0 Å². The molecule has 0 aromatic heterocycles. The molecule has 3 N–H and O–H groups in total. The lowest BCUT2D eigenvalue weighted by Gasteiger charge is -2.33. The van der Waals surface area contributed by atoms with Gasteiger partial charge in [0.25, 0.3) is 5.92 Å². The fourth-order valence-electron chi connectivity index (χ4n) is 2.17. The summed E-state index contributed by atoms with van der Waals surface area (Å²) in [5.41, 5.74) is 5.31. The summed E-state index contributed by atoms with van der Waals surface area (Å²) in [7, 11) is 0. The maximum Gasteiger partial charge on any atom is 0.292 e. The number of alkyl halides is 2. The summed E-state index contributed by atoms with van der Waals surface area (Å²) in [4.78, 5) is 0. The van der Waals surface area contributed by atoms with Crippen molar-refractivity contribution in [3.05, 3.63) is 33.8 Å². The summed E-state index contributed by atoms with van der Waals surface area (Å²) in [6.07, 6.45) is 0.682. The SMILES string of the molecule is NC1(C(F)(F)CO)CCc2ccc(Br)cc21. The van der Waals surface area contributed by atoms with Gasteiger partial charge in [-0.25, -0.2) is 8.78 Å². The zero-order valence-corrected chi connectivity index (χ0v) is 10.1. The summed E-state index contributed by atoms with van der Waals surface area (Å²) in [6, 6.07) is 5.22. The maximum absolute atomic E-state index is 13.7. The Morgan fingerprint density at radius 3 is 2.81 bits per heavy atom. The van der Waals surface area contributed by atoms with E-state index in [0.29, 0.717) is 12.0 Å². The lowest BCUT2D eigenvalue weighted by molar-refractivity contribution is -0.113. The second kappa shape index (κ2) is 3.75. The fourth-order valence-corrected chi connectivity index (χ4v) is 2.53. The molecule has 0 heterocycles. The third-order valence-electron chi connectivity index (χ3n) is 3.19. The molecule has 1 aliphatic rings. The standard InChI is InChI=1S/C11H12BrF2NO/c12-8-2-1-7-3-4-10(15,9(7)5-8)11(13,14)6-16/h1-2,5,16H,3-4,6,15H2. The number of aliphatic hydroxyl groups excluding tert-OH is 1. The number of rotatable bonds is 2. The second-order valence-corrected chi connectivity index (χ2v) is 5.05. The monoisotopic (exact) mass is 291 g/mol. The highest BCUT2D eigenvalue weighted by Crippen LogP contribution is 2.45. The Kier molecular flexibility index (Phi) is 2.80. The van der Waals surface area contributed by atoms with Crippen LogP contribution >= 0.6 is 15.9 Å². The molecule has 0 bridgehead atoms. The molecule has 1 atom stereocenters. The molecule has 1 aromatic rings. The summed E-state index contributed by atoms with van der Waals surface area (Å²) >= 11 is 3.24. The van der Waals surface area contributed by atoms with Crippen LogP contribution in [0.15, 0.2) is 22.7 Å². The summed E-state index contributed by atoms with van der Waals surface area (Å²) in [5, 5.41) is 8.77. The molecule has 0 fully saturated rings. The van der Waals surface area contributed by atoms with Gasteiger partial charge in [0.2, 0.25) is 0 Å². The van der Waals surface area contributed by atoms with Crippen molar-refractivity contribution in [1.82, 2.24) is 0 Å². The molecule has 5 heteroatoms. The molecule has 0 radical (unpaired) electrons. The quantitative estimate of drug-likeness (QED) is 0.877. The number of benzene rings is 1. The number of aryl methyl sites for hydroxylation is 1. The van der Waals surface area contributed by atoms with Crippen molar-refractivity contribution in [1.29, 1.82) is 0 Å². The molecule has 88 valence electrons. The predicted octanol–water partition coefficient (Wildman–Crippen LogP) is 2.18. The number of nitrogens with two attached hydrogens (primary N) is 1. The number of fused-ring (bicyclic) bond motifs is 1. The van der Waals surface area contributed by atoms with Crippen molar-refractivity contribution in [2.24, 2.45) is 5.73 Å². The molecule has 1 aromatic carbocycles. The molecule has 2 rings (SSSR count). The van der Waals surface area contributed by atoms with E-state index in [0.717, 1.165) is 10.0 Å². The van der Waals surface area contributed by atoms with Crippen LogP contribution in [0.25, 0.3) is 0 Å². The second-order valence-electron chi connectivity index (χ2n) is 4.14. The molecule has 2 nitrogen and oxygen atoms in total. The first-order chi connectivity index (χ1) is 7.40. The van der Waals surface area contributed by atoms with Gasteiger partial charge < -0.3 is 10.8 Å². The van der Waals surface area contributed by atoms with Gasteiger partial charge in [-0.1, -0.05) is 22.0 Å². The van der Waals surface area contributed by atoms with Crippen molar-refractivity contribution in [2.45, 2.75) is 24.3 Å². The van der Waals surface area contributed by atoms with Crippen LogP contribution in [0.4, 0.5) is 8.78 Å². The maximum atomic E-state index is 13.7. The zero-order valence-electron chi connectivity index (χ0n) is 8.51. The van der Waals surface area contributed by atoms with E-state index < -0.39 is 18.1 Å². The minimum atomic E-state index is -3.29. The van der Waals surface area contributed by atoms with Gasteiger partial charge in [-0.3, -0.25) is 0 Å². The minimum Gasteiger partial charge on any atom is -0.390 e. The van der Waals surface area contributed by atoms with Crippen molar-refractivity contribution in [2.75, 3.05) is 6.61 Å². The Labute approximate surface area is 101 Å². The van der Waals surface area contributed by atoms with Gasteiger partial charge in [-0.15, -0.1) is 0 Å². The molecule has 0 saturated heterocycles. The number of hydrogen-bond acceptors (Lipinski definition) is 2. The number of hydrogen-bond donors (Lipinski definition) is 2. The highest BCUT2D eigenvalue weighted by atomic mass is 79.9. The summed E-state index contributed by atoms with van der Waals surface area (Å²) in [6.45, 7) is -1.23. The average Bonchev–Trinajstić information content (AvgIpc) is 2.58. The van der Waals surface area contributed by atoms with Crippen LogP contribution < -0.4 is 5.73 Å². The van der Waals surface area contributed by atoms with Crippen LogP contribution in [0.5, 0.6) is 0 Å². The van der Waals surface area contributed by atoms with Gasteiger partial charge in [0.1, 0.15) is 12.1 Å². The molecule has 0 aliphatic heterocycles. The van der Waals surface area contributed by atoms with Crippen molar-refractivity contribution in [3.63, 3.8) is 0 Å². The van der Waals surface area contributed by atoms with E-state index in [-0.39, 0.29) is 6.42 Å². The van der Waals surface area contributed by atoms with Crippen LogP contribution in [-0.4, -0.2) is 17.6 Å². The minimum absolute atomic E-state index is 0.159. The number of aliphatic hydroxyl groups is 1. The molecule has 1 aliphatic carbocycles. The van der Waals surface area contributed by atoms with E-state index in [1.165, 1.54) is 0 Å². The molecule has 16 heavy (non-hydrogen) atoms. The average molecular weight is 292 g/mol. The van der Waals surface area contributed by atoms with E-state index in [9.17, 15) is 8.78 Å². The first kappa shape index (κ1) is 12.0. The molecule has 0 saturated carbocycles. The van der Waals surface area contributed by atoms with Crippen LogP contribution in [0.3, 0.4) is 0 Å². The third kappa shape index (κ3) is 1.58. The Bertz CT molecular complexity index is 424. The smallest absolute Gasteiger partial charge is 0.292 e. The predicted molar refractivity (Wildman–Crippen MR) is 60.4 cm³/mol. The summed E-state index contributed by atoms with van der Waals surface area (Å²) in [5.74, 6) is -3.29. The zero-order chi connectivity index (χ0) is 12.0. The van der Waals surface area contributed by atoms with E-state index in [4.69, 9.17) is 10.8 Å². The third-order valence-corrected chi connectivity index (χ3v) is 3.69.